The Hall–Kier alpha value is -2.86. The van der Waals surface area contributed by atoms with Crippen LogP contribution in [0.25, 0.3) is 16.7 Å². The van der Waals surface area contributed by atoms with Crippen molar-refractivity contribution in [2.24, 2.45) is 0 Å². The van der Waals surface area contributed by atoms with Crippen molar-refractivity contribution in [1.82, 2.24) is 14.5 Å². The molecule has 0 amide bonds. The Morgan fingerprint density at radius 1 is 1.07 bits per heavy atom. The minimum Gasteiger partial charge on any atom is -0.478 e. The van der Waals surface area contributed by atoms with E-state index in [9.17, 15) is 9.90 Å². The van der Waals surface area contributed by atoms with Crippen molar-refractivity contribution in [2.45, 2.75) is 20.3 Å². The molecule has 1 fully saturated rings. The lowest BCUT2D eigenvalue weighted by Gasteiger charge is -2.24. The fraction of sp³-hybridized carbons (Fsp3) is 0.364. The number of aryl methyl sites for hydroxylation is 1. The number of aromatic carboxylic acids is 1. The van der Waals surface area contributed by atoms with E-state index in [4.69, 9.17) is 0 Å². The highest BCUT2D eigenvalue weighted by Crippen LogP contribution is 2.26. The number of nitrogens with zero attached hydrogens (tertiary/aromatic N) is 4. The monoisotopic (exact) mass is 378 g/mol. The first-order valence-electron chi connectivity index (χ1n) is 9.87. The third-order valence-corrected chi connectivity index (χ3v) is 5.56. The molecule has 3 aromatic rings. The van der Waals surface area contributed by atoms with E-state index >= 15 is 0 Å². The largest absolute Gasteiger partial charge is 0.478 e. The molecule has 0 radical (unpaired) electrons. The summed E-state index contributed by atoms with van der Waals surface area (Å²) in [7, 11) is 0. The van der Waals surface area contributed by atoms with Crippen LogP contribution in [-0.4, -0.2) is 58.3 Å². The Kier molecular flexibility index (Phi) is 5.05. The number of benzene rings is 2. The van der Waals surface area contributed by atoms with Gasteiger partial charge in [-0.15, -0.1) is 0 Å². The molecule has 146 valence electrons. The maximum Gasteiger partial charge on any atom is 0.335 e. The van der Waals surface area contributed by atoms with Gasteiger partial charge in [0.05, 0.1) is 16.6 Å². The molecule has 0 bridgehead atoms. The number of rotatable bonds is 4. The molecule has 6 heteroatoms. The predicted octanol–water partition coefficient (Wildman–Crippen LogP) is 3.56. The molecular weight excluding hydrogens is 352 g/mol. The van der Waals surface area contributed by atoms with Gasteiger partial charge in [-0.25, -0.2) is 9.78 Å². The Labute approximate surface area is 165 Å². The van der Waals surface area contributed by atoms with E-state index in [1.807, 2.05) is 13.0 Å². The Bertz CT molecular complexity index is 1010. The van der Waals surface area contributed by atoms with Gasteiger partial charge in [0.1, 0.15) is 5.82 Å². The van der Waals surface area contributed by atoms with E-state index in [2.05, 4.69) is 50.5 Å². The summed E-state index contributed by atoms with van der Waals surface area (Å²) in [6, 6.07) is 13.7. The van der Waals surface area contributed by atoms with Crippen LogP contribution in [0.5, 0.6) is 0 Å². The number of anilines is 1. The second kappa shape index (κ2) is 7.64. The zero-order chi connectivity index (χ0) is 19.7. The molecular formula is C22H26N4O2. The molecule has 28 heavy (non-hydrogen) atoms. The van der Waals surface area contributed by atoms with Crippen molar-refractivity contribution in [3.8, 4) is 5.69 Å². The topological polar surface area (TPSA) is 61.6 Å². The third-order valence-electron chi connectivity index (χ3n) is 5.56. The van der Waals surface area contributed by atoms with Crippen molar-refractivity contribution >= 4 is 22.7 Å². The van der Waals surface area contributed by atoms with Crippen molar-refractivity contribution in [3.63, 3.8) is 0 Å². The summed E-state index contributed by atoms with van der Waals surface area (Å²) in [5.41, 5.74) is 4.16. The molecule has 0 unspecified atom stereocenters. The SMILES string of the molecule is CCN1CCCN(c2cccc(-n3c(C)nc4cc(C(=O)O)ccc43)c2)CC1. The first-order chi connectivity index (χ1) is 13.6. The van der Waals surface area contributed by atoms with Crippen LogP contribution in [-0.2, 0) is 0 Å². The van der Waals surface area contributed by atoms with Crippen molar-refractivity contribution in [2.75, 3.05) is 37.6 Å². The number of imidazole rings is 1. The third kappa shape index (κ3) is 3.47. The zero-order valence-corrected chi connectivity index (χ0v) is 16.4. The van der Waals surface area contributed by atoms with Gasteiger partial charge in [0.15, 0.2) is 0 Å². The molecule has 1 N–H and O–H groups in total. The molecule has 1 aliphatic heterocycles. The van der Waals surface area contributed by atoms with Gasteiger partial charge in [-0.1, -0.05) is 13.0 Å². The molecule has 0 saturated carbocycles. The van der Waals surface area contributed by atoms with Crippen molar-refractivity contribution in [1.29, 1.82) is 0 Å². The first kappa shape index (κ1) is 18.5. The Morgan fingerprint density at radius 2 is 1.89 bits per heavy atom. The first-order valence-corrected chi connectivity index (χ1v) is 9.87. The lowest BCUT2D eigenvalue weighted by Crippen LogP contribution is -2.30. The number of hydrogen-bond donors (Lipinski definition) is 1. The summed E-state index contributed by atoms with van der Waals surface area (Å²) in [6.45, 7) is 9.62. The Balaban J connectivity index is 1.70. The number of fused-ring (bicyclic) bond motifs is 1. The second-order valence-electron chi connectivity index (χ2n) is 7.30. The molecule has 0 aliphatic carbocycles. The molecule has 4 rings (SSSR count). The van der Waals surface area contributed by atoms with Crippen LogP contribution in [0, 0.1) is 6.92 Å². The number of carboxylic acid groups (broad SMARTS) is 1. The van der Waals surface area contributed by atoms with Crippen molar-refractivity contribution < 1.29 is 9.90 Å². The smallest absolute Gasteiger partial charge is 0.335 e. The fourth-order valence-electron chi connectivity index (χ4n) is 4.03. The minimum absolute atomic E-state index is 0.260. The molecule has 1 aromatic heterocycles. The standard InChI is InChI=1S/C22H26N4O2/c1-3-24-10-5-11-25(13-12-24)18-6-4-7-19(15-18)26-16(2)23-20-14-17(22(27)28)8-9-21(20)26/h4,6-9,14-15H,3,5,10-13H2,1-2H3,(H,27,28). The van der Waals surface area contributed by atoms with E-state index in [1.54, 1.807) is 12.1 Å². The highest BCUT2D eigenvalue weighted by Gasteiger charge is 2.16. The van der Waals surface area contributed by atoms with Crippen LogP contribution in [0.1, 0.15) is 29.5 Å². The van der Waals surface area contributed by atoms with E-state index < -0.39 is 5.97 Å². The van der Waals surface area contributed by atoms with Crippen LogP contribution in [0.4, 0.5) is 5.69 Å². The fourth-order valence-corrected chi connectivity index (χ4v) is 4.03. The van der Waals surface area contributed by atoms with E-state index in [0.29, 0.717) is 5.52 Å². The summed E-state index contributed by atoms with van der Waals surface area (Å²) in [5.74, 6) is -0.0823. The second-order valence-corrected chi connectivity index (χ2v) is 7.30. The highest BCUT2D eigenvalue weighted by atomic mass is 16.4. The molecule has 0 atom stereocenters. The predicted molar refractivity (Wildman–Crippen MR) is 112 cm³/mol. The maximum absolute atomic E-state index is 11.3. The Morgan fingerprint density at radius 3 is 2.68 bits per heavy atom. The average molecular weight is 378 g/mol. The quantitative estimate of drug-likeness (QED) is 0.752. The maximum atomic E-state index is 11.3. The van der Waals surface area contributed by atoms with E-state index in [1.165, 1.54) is 12.1 Å². The van der Waals surface area contributed by atoms with Crippen LogP contribution >= 0.6 is 0 Å². The summed E-state index contributed by atoms with van der Waals surface area (Å²) < 4.78 is 2.10. The van der Waals surface area contributed by atoms with Gasteiger partial charge >= 0.3 is 5.97 Å². The average Bonchev–Trinajstić information content (AvgIpc) is 2.87. The highest BCUT2D eigenvalue weighted by molar-refractivity contribution is 5.92. The van der Waals surface area contributed by atoms with Gasteiger partial charge in [-0.2, -0.15) is 0 Å². The van der Waals surface area contributed by atoms with E-state index in [0.717, 1.165) is 49.8 Å². The lowest BCUT2D eigenvalue weighted by molar-refractivity contribution is 0.0697. The van der Waals surface area contributed by atoms with Gasteiger partial charge in [0, 0.05) is 31.0 Å². The number of hydrogen-bond acceptors (Lipinski definition) is 4. The van der Waals surface area contributed by atoms with Gasteiger partial charge in [-0.3, -0.25) is 4.57 Å². The van der Waals surface area contributed by atoms with Crippen LogP contribution in [0.3, 0.4) is 0 Å². The van der Waals surface area contributed by atoms with Crippen molar-refractivity contribution in [3.05, 3.63) is 53.9 Å². The van der Waals surface area contributed by atoms with Crippen LogP contribution in [0.15, 0.2) is 42.5 Å². The van der Waals surface area contributed by atoms with Crippen LogP contribution in [0.2, 0.25) is 0 Å². The molecule has 1 aliphatic rings. The molecule has 2 heterocycles. The summed E-state index contributed by atoms with van der Waals surface area (Å²) in [5, 5.41) is 9.23. The lowest BCUT2D eigenvalue weighted by atomic mass is 10.2. The number of carboxylic acids is 1. The summed E-state index contributed by atoms with van der Waals surface area (Å²) in [6.07, 6.45) is 1.17. The summed E-state index contributed by atoms with van der Waals surface area (Å²) >= 11 is 0. The normalized spacial score (nSPS) is 15.7. The molecule has 0 spiro atoms. The number of aromatic nitrogens is 2. The molecule has 1 saturated heterocycles. The summed E-state index contributed by atoms with van der Waals surface area (Å²) in [4.78, 5) is 20.8. The van der Waals surface area contributed by atoms with Gasteiger partial charge in [0.25, 0.3) is 0 Å². The van der Waals surface area contributed by atoms with Gasteiger partial charge in [-0.05, 0) is 62.8 Å². The number of carbonyl (C=O) groups is 1. The molecule has 6 nitrogen and oxygen atoms in total. The van der Waals surface area contributed by atoms with Gasteiger partial charge in [0.2, 0.25) is 0 Å². The van der Waals surface area contributed by atoms with Crippen LogP contribution < -0.4 is 4.90 Å². The van der Waals surface area contributed by atoms with Gasteiger partial charge < -0.3 is 14.9 Å². The minimum atomic E-state index is -0.932. The van der Waals surface area contributed by atoms with E-state index in [-0.39, 0.29) is 5.56 Å². The zero-order valence-electron chi connectivity index (χ0n) is 16.4. The molecule has 2 aromatic carbocycles. The number of likely N-dealkylation sites (N-methyl/N-ethyl adjacent to an activating group) is 1.